The van der Waals surface area contributed by atoms with Gasteiger partial charge in [-0.15, -0.1) is 0 Å². The summed E-state index contributed by atoms with van der Waals surface area (Å²) in [4.78, 5) is 4.60. The lowest BCUT2D eigenvalue weighted by atomic mass is 10.1. The lowest BCUT2D eigenvalue weighted by molar-refractivity contribution is 0.117. The molecule has 1 fully saturated rings. The molecule has 0 bridgehead atoms. The molecule has 1 aromatic rings. The lowest BCUT2D eigenvalue weighted by Crippen LogP contribution is -2.47. The smallest absolute Gasteiger partial charge is 0.122 e. The molecular weight excluding hydrogens is 230 g/mol. The van der Waals surface area contributed by atoms with E-state index in [-0.39, 0.29) is 12.6 Å². The number of hydrogen-bond acceptors (Lipinski definition) is 5. The molecule has 0 aromatic carbocycles. The van der Waals surface area contributed by atoms with Gasteiger partial charge in [-0.2, -0.15) is 0 Å². The summed E-state index contributed by atoms with van der Waals surface area (Å²) in [7, 11) is 2.03. The van der Waals surface area contributed by atoms with Crippen molar-refractivity contribution in [2.45, 2.75) is 6.04 Å². The summed E-state index contributed by atoms with van der Waals surface area (Å²) in [6.45, 7) is 6.04. The normalized spacial score (nSPS) is 19.3. The Labute approximate surface area is 108 Å². The number of nitrogens with zero attached hydrogens (tertiary/aromatic N) is 2. The Kier molecular flexibility index (Phi) is 5.19. The summed E-state index contributed by atoms with van der Waals surface area (Å²) in [6.07, 6.45) is 1.72. The third kappa shape index (κ3) is 3.55. The van der Waals surface area contributed by atoms with Gasteiger partial charge in [0, 0.05) is 39.3 Å². The van der Waals surface area contributed by atoms with Crippen LogP contribution in [0.15, 0.2) is 22.8 Å². The van der Waals surface area contributed by atoms with Crippen molar-refractivity contribution >= 4 is 0 Å². The van der Waals surface area contributed by atoms with Gasteiger partial charge in [0.05, 0.1) is 18.9 Å². The fourth-order valence-electron chi connectivity index (χ4n) is 2.38. The number of aliphatic hydroxyl groups is 1. The molecule has 2 N–H and O–H groups in total. The topological polar surface area (TPSA) is 51.9 Å². The van der Waals surface area contributed by atoms with E-state index in [1.54, 1.807) is 6.26 Å². The molecular formula is C13H23N3O2. The SMILES string of the molecule is CN(CCO)C(CN1CCNCC1)c1ccco1. The van der Waals surface area contributed by atoms with Crippen LogP contribution in [0.5, 0.6) is 0 Å². The third-order valence-corrected chi connectivity index (χ3v) is 3.50. The molecule has 5 heteroatoms. The van der Waals surface area contributed by atoms with Crippen LogP contribution in [0.3, 0.4) is 0 Å². The predicted octanol–water partition coefficient (Wildman–Crippen LogP) is 0.150. The summed E-state index contributed by atoms with van der Waals surface area (Å²) in [5.74, 6) is 0.976. The van der Waals surface area contributed by atoms with E-state index in [1.807, 2.05) is 19.2 Å². The molecule has 0 amide bonds. The molecule has 102 valence electrons. The van der Waals surface area contributed by atoms with Crippen LogP contribution in [-0.2, 0) is 0 Å². The number of rotatable bonds is 6. The Morgan fingerprint density at radius 2 is 2.28 bits per heavy atom. The van der Waals surface area contributed by atoms with Gasteiger partial charge in [0.2, 0.25) is 0 Å². The van der Waals surface area contributed by atoms with Crippen LogP contribution in [0.25, 0.3) is 0 Å². The van der Waals surface area contributed by atoms with Crippen LogP contribution in [0.4, 0.5) is 0 Å². The van der Waals surface area contributed by atoms with Gasteiger partial charge in [-0.25, -0.2) is 0 Å². The van der Waals surface area contributed by atoms with E-state index in [9.17, 15) is 0 Å². The summed E-state index contributed by atoms with van der Waals surface area (Å²) in [6, 6.07) is 4.15. The zero-order chi connectivity index (χ0) is 12.8. The van der Waals surface area contributed by atoms with E-state index in [1.165, 1.54) is 0 Å². The molecule has 0 spiro atoms. The highest BCUT2D eigenvalue weighted by atomic mass is 16.3. The summed E-state index contributed by atoms with van der Waals surface area (Å²) < 4.78 is 5.54. The maximum atomic E-state index is 9.09. The number of hydrogen-bond donors (Lipinski definition) is 2. The monoisotopic (exact) mass is 253 g/mol. The molecule has 5 nitrogen and oxygen atoms in total. The van der Waals surface area contributed by atoms with Gasteiger partial charge in [0.1, 0.15) is 5.76 Å². The molecule has 1 atom stereocenters. The Morgan fingerprint density at radius 3 is 2.89 bits per heavy atom. The minimum atomic E-state index is 0.176. The molecule has 1 saturated heterocycles. The highest BCUT2D eigenvalue weighted by molar-refractivity contribution is 5.05. The van der Waals surface area contributed by atoms with Crippen molar-refractivity contribution in [2.24, 2.45) is 0 Å². The number of aliphatic hydroxyl groups excluding tert-OH is 1. The van der Waals surface area contributed by atoms with Gasteiger partial charge < -0.3 is 14.8 Å². The van der Waals surface area contributed by atoms with Gasteiger partial charge >= 0.3 is 0 Å². The van der Waals surface area contributed by atoms with Crippen molar-refractivity contribution in [1.82, 2.24) is 15.1 Å². The molecule has 1 aromatic heterocycles. The Balaban J connectivity index is 1.99. The van der Waals surface area contributed by atoms with E-state index < -0.39 is 0 Å². The number of likely N-dealkylation sites (N-methyl/N-ethyl adjacent to an activating group) is 1. The van der Waals surface area contributed by atoms with Crippen molar-refractivity contribution in [3.63, 3.8) is 0 Å². The fourth-order valence-corrected chi connectivity index (χ4v) is 2.38. The van der Waals surface area contributed by atoms with Crippen molar-refractivity contribution in [2.75, 3.05) is 52.9 Å². The van der Waals surface area contributed by atoms with Crippen LogP contribution in [0.2, 0.25) is 0 Å². The van der Waals surface area contributed by atoms with E-state index in [0.717, 1.165) is 38.5 Å². The fraction of sp³-hybridized carbons (Fsp3) is 0.692. The van der Waals surface area contributed by atoms with Crippen LogP contribution < -0.4 is 5.32 Å². The zero-order valence-corrected chi connectivity index (χ0v) is 11.0. The maximum Gasteiger partial charge on any atom is 0.122 e. The second-order valence-electron chi connectivity index (χ2n) is 4.79. The molecule has 1 aliphatic heterocycles. The first kappa shape index (κ1) is 13.5. The zero-order valence-electron chi connectivity index (χ0n) is 11.0. The maximum absolute atomic E-state index is 9.09. The van der Waals surface area contributed by atoms with E-state index in [2.05, 4.69) is 15.1 Å². The lowest BCUT2D eigenvalue weighted by Gasteiger charge is -2.34. The van der Waals surface area contributed by atoms with Gasteiger partial charge in [0.25, 0.3) is 0 Å². The van der Waals surface area contributed by atoms with E-state index in [0.29, 0.717) is 6.54 Å². The molecule has 0 saturated carbocycles. The average Bonchev–Trinajstić information content (AvgIpc) is 2.91. The summed E-state index contributed by atoms with van der Waals surface area (Å²) >= 11 is 0. The van der Waals surface area contributed by atoms with Gasteiger partial charge in [-0.1, -0.05) is 0 Å². The average molecular weight is 253 g/mol. The third-order valence-electron chi connectivity index (χ3n) is 3.50. The van der Waals surface area contributed by atoms with Crippen LogP contribution in [0, 0.1) is 0 Å². The van der Waals surface area contributed by atoms with Crippen LogP contribution in [0.1, 0.15) is 11.8 Å². The first-order valence-electron chi connectivity index (χ1n) is 6.59. The van der Waals surface area contributed by atoms with Gasteiger partial charge in [0.15, 0.2) is 0 Å². The van der Waals surface area contributed by atoms with Gasteiger partial charge in [-0.05, 0) is 19.2 Å². The summed E-state index contributed by atoms with van der Waals surface area (Å²) in [5, 5.41) is 12.5. The standard InChI is InChI=1S/C13H23N3O2/c1-15(8-9-17)12(13-3-2-10-18-13)11-16-6-4-14-5-7-16/h2-3,10,12,14,17H,4-9,11H2,1H3. The molecule has 0 aliphatic carbocycles. The quantitative estimate of drug-likeness (QED) is 0.756. The summed E-state index contributed by atoms with van der Waals surface area (Å²) in [5.41, 5.74) is 0. The molecule has 2 rings (SSSR count). The second-order valence-corrected chi connectivity index (χ2v) is 4.79. The number of furan rings is 1. The Hall–Kier alpha value is -0.880. The van der Waals surface area contributed by atoms with Crippen LogP contribution >= 0.6 is 0 Å². The first-order chi connectivity index (χ1) is 8.81. The largest absolute Gasteiger partial charge is 0.468 e. The van der Waals surface area contributed by atoms with Crippen molar-refractivity contribution in [1.29, 1.82) is 0 Å². The van der Waals surface area contributed by atoms with Crippen molar-refractivity contribution in [3.8, 4) is 0 Å². The highest BCUT2D eigenvalue weighted by Crippen LogP contribution is 2.21. The number of piperazine rings is 1. The molecule has 18 heavy (non-hydrogen) atoms. The van der Waals surface area contributed by atoms with Gasteiger partial charge in [-0.3, -0.25) is 9.80 Å². The Bertz CT molecular complexity index is 323. The van der Waals surface area contributed by atoms with Crippen molar-refractivity contribution < 1.29 is 9.52 Å². The van der Waals surface area contributed by atoms with Crippen molar-refractivity contribution in [3.05, 3.63) is 24.2 Å². The van der Waals surface area contributed by atoms with E-state index in [4.69, 9.17) is 9.52 Å². The van der Waals surface area contributed by atoms with Crippen LogP contribution in [-0.4, -0.2) is 67.8 Å². The number of nitrogens with one attached hydrogen (secondary N) is 1. The highest BCUT2D eigenvalue weighted by Gasteiger charge is 2.23. The molecule has 2 heterocycles. The minimum Gasteiger partial charge on any atom is -0.468 e. The second kappa shape index (κ2) is 6.89. The first-order valence-corrected chi connectivity index (χ1v) is 6.59. The molecule has 1 unspecified atom stereocenters. The molecule has 0 radical (unpaired) electrons. The predicted molar refractivity (Wildman–Crippen MR) is 70.5 cm³/mol. The Morgan fingerprint density at radius 1 is 1.50 bits per heavy atom. The minimum absolute atomic E-state index is 0.176. The van der Waals surface area contributed by atoms with E-state index >= 15 is 0 Å². The molecule has 1 aliphatic rings.